The van der Waals surface area contributed by atoms with E-state index in [1.807, 2.05) is 6.07 Å². The van der Waals surface area contributed by atoms with Gasteiger partial charge in [0, 0.05) is 39.1 Å². The molecule has 5 rings (SSSR count). The minimum absolute atomic E-state index is 0.0144. The highest BCUT2D eigenvalue weighted by Gasteiger charge is 2.24. The van der Waals surface area contributed by atoms with Gasteiger partial charge in [0.2, 0.25) is 5.95 Å². The van der Waals surface area contributed by atoms with Gasteiger partial charge < -0.3 is 9.47 Å². The van der Waals surface area contributed by atoms with E-state index < -0.39 is 0 Å². The molecule has 3 aromatic rings. The molecule has 0 amide bonds. The highest BCUT2D eigenvalue weighted by Crippen LogP contribution is 2.22. The molecule has 0 unspecified atom stereocenters. The number of H-pyrrole nitrogens is 1. The highest BCUT2D eigenvalue weighted by atomic mass is 16.1. The van der Waals surface area contributed by atoms with Gasteiger partial charge in [-0.05, 0) is 31.9 Å². The standard InChI is InChI=1S/C21H26N6O/c1-2-27-18-8-4-3-7-17(18)22-19(27)14-25-12-9-16-15(13-25)20(28)24-21(23-16)26-10-5-6-11-26/h3-4,7-8H,2,5-6,9-14H2,1H3,(H,23,24,28). The first kappa shape index (κ1) is 17.4. The molecule has 0 bridgehead atoms. The van der Waals surface area contributed by atoms with Crippen LogP contribution < -0.4 is 10.5 Å². The van der Waals surface area contributed by atoms with E-state index in [-0.39, 0.29) is 5.56 Å². The fraction of sp³-hybridized carbons (Fsp3) is 0.476. The van der Waals surface area contributed by atoms with Gasteiger partial charge in [0.05, 0.1) is 28.8 Å². The van der Waals surface area contributed by atoms with Crippen molar-refractivity contribution in [1.82, 2.24) is 24.4 Å². The average Bonchev–Trinajstić information content (AvgIpc) is 3.36. The third-order valence-corrected chi connectivity index (χ3v) is 5.96. The maximum Gasteiger partial charge on any atom is 0.257 e. The summed E-state index contributed by atoms with van der Waals surface area (Å²) in [7, 11) is 0. The lowest BCUT2D eigenvalue weighted by Gasteiger charge is -2.28. The highest BCUT2D eigenvalue weighted by molar-refractivity contribution is 5.75. The molecule has 2 aliphatic heterocycles. The van der Waals surface area contributed by atoms with Crippen molar-refractivity contribution < 1.29 is 0 Å². The second-order valence-electron chi connectivity index (χ2n) is 7.73. The number of hydrogen-bond acceptors (Lipinski definition) is 5. The summed E-state index contributed by atoms with van der Waals surface area (Å²) >= 11 is 0. The van der Waals surface area contributed by atoms with Crippen LogP contribution in [0.5, 0.6) is 0 Å². The lowest BCUT2D eigenvalue weighted by atomic mass is 10.1. The minimum Gasteiger partial charge on any atom is -0.342 e. The third kappa shape index (κ3) is 2.99. The molecule has 2 aliphatic rings. The van der Waals surface area contributed by atoms with Crippen LogP contribution in [0.25, 0.3) is 11.0 Å². The summed E-state index contributed by atoms with van der Waals surface area (Å²) in [5.74, 6) is 1.81. The Kier molecular flexibility index (Phi) is 4.39. The van der Waals surface area contributed by atoms with Crippen LogP contribution in [-0.4, -0.2) is 44.1 Å². The summed E-state index contributed by atoms with van der Waals surface area (Å²) in [6.07, 6.45) is 3.16. The molecule has 0 spiro atoms. The number of imidazole rings is 1. The first-order valence-electron chi connectivity index (χ1n) is 10.3. The smallest absolute Gasteiger partial charge is 0.257 e. The third-order valence-electron chi connectivity index (χ3n) is 5.96. The van der Waals surface area contributed by atoms with Crippen LogP contribution in [0.1, 0.15) is 36.8 Å². The van der Waals surface area contributed by atoms with Gasteiger partial charge >= 0.3 is 0 Å². The molecular weight excluding hydrogens is 352 g/mol. The van der Waals surface area contributed by atoms with Crippen molar-refractivity contribution in [3.8, 4) is 0 Å². The van der Waals surface area contributed by atoms with Gasteiger partial charge in [0.25, 0.3) is 5.56 Å². The maximum absolute atomic E-state index is 12.7. The number of hydrogen-bond donors (Lipinski definition) is 1. The van der Waals surface area contributed by atoms with Crippen LogP contribution in [0.4, 0.5) is 5.95 Å². The van der Waals surface area contributed by atoms with Crippen molar-refractivity contribution >= 4 is 17.0 Å². The Morgan fingerprint density at radius 2 is 1.93 bits per heavy atom. The van der Waals surface area contributed by atoms with Crippen molar-refractivity contribution in [2.24, 2.45) is 0 Å². The number of nitrogens with one attached hydrogen (secondary N) is 1. The molecule has 0 atom stereocenters. The Bertz CT molecular complexity index is 1060. The van der Waals surface area contributed by atoms with Crippen LogP contribution >= 0.6 is 0 Å². The molecule has 0 radical (unpaired) electrons. The van der Waals surface area contributed by atoms with Crippen molar-refractivity contribution in [2.45, 2.75) is 45.8 Å². The first-order chi connectivity index (χ1) is 13.7. The topological polar surface area (TPSA) is 70.1 Å². The minimum atomic E-state index is 0.0144. The van der Waals surface area contributed by atoms with Crippen LogP contribution in [0, 0.1) is 0 Å². The quantitative estimate of drug-likeness (QED) is 0.754. The zero-order valence-electron chi connectivity index (χ0n) is 16.3. The largest absolute Gasteiger partial charge is 0.342 e. The summed E-state index contributed by atoms with van der Waals surface area (Å²) in [5.41, 5.74) is 4.00. The van der Waals surface area contributed by atoms with E-state index in [9.17, 15) is 4.79 Å². The molecule has 7 heteroatoms. The lowest BCUT2D eigenvalue weighted by Crippen LogP contribution is -2.37. The number of aromatic nitrogens is 4. The Balaban J connectivity index is 1.40. The predicted molar refractivity (Wildman–Crippen MR) is 110 cm³/mol. The van der Waals surface area contributed by atoms with E-state index in [4.69, 9.17) is 9.97 Å². The number of anilines is 1. The number of aromatic amines is 1. The van der Waals surface area contributed by atoms with Crippen LogP contribution in [0.2, 0.25) is 0 Å². The van der Waals surface area contributed by atoms with E-state index in [0.29, 0.717) is 6.54 Å². The Morgan fingerprint density at radius 3 is 2.75 bits per heavy atom. The summed E-state index contributed by atoms with van der Waals surface area (Å²) in [6.45, 7) is 7.29. The SMILES string of the molecule is CCn1c(CN2CCc3nc(N4CCCC4)[nH]c(=O)c3C2)nc2ccccc21. The molecule has 28 heavy (non-hydrogen) atoms. The summed E-state index contributed by atoms with van der Waals surface area (Å²) in [4.78, 5) is 29.9. The number of para-hydroxylation sites is 2. The zero-order chi connectivity index (χ0) is 19.1. The Hall–Kier alpha value is -2.67. The van der Waals surface area contributed by atoms with Gasteiger partial charge in [-0.1, -0.05) is 12.1 Å². The van der Waals surface area contributed by atoms with Gasteiger partial charge in [-0.2, -0.15) is 0 Å². The van der Waals surface area contributed by atoms with E-state index in [2.05, 4.69) is 44.5 Å². The summed E-state index contributed by atoms with van der Waals surface area (Å²) < 4.78 is 2.27. The van der Waals surface area contributed by atoms with Crippen LogP contribution in [0.15, 0.2) is 29.1 Å². The number of nitrogens with zero attached hydrogens (tertiary/aromatic N) is 5. The molecule has 0 saturated carbocycles. The van der Waals surface area contributed by atoms with E-state index >= 15 is 0 Å². The molecule has 1 N–H and O–H groups in total. The molecule has 146 valence electrons. The second-order valence-corrected chi connectivity index (χ2v) is 7.73. The first-order valence-corrected chi connectivity index (χ1v) is 10.3. The second kappa shape index (κ2) is 7.05. The number of aryl methyl sites for hydroxylation is 1. The average molecular weight is 378 g/mol. The van der Waals surface area contributed by atoms with Gasteiger partial charge in [0.15, 0.2) is 0 Å². The maximum atomic E-state index is 12.7. The number of benzene rings is 1. The normalized spacial score (nSPS) is 17.4. The van der Waals surface area contributed by atoms with Gasteiger partial charge in [-0.3, -0.25) is 14.7 Å². The van der Waals surface area contributed by atoms with Crippen molar-refractivity contribution in [3.05, 3.63) is 51.7 Å². The zero-order valence-corrected chi connectivity index (χ0v) is 16.3. The fourth-order valence-electron chi connectivity index (χ4n) is 4.48. The Morgan fingerprint density at radius 1 is 1.11 bits per heavy atom. The molecule has 1 aromatic carbocycles. The van der Waals surface area contributed by atoms with Crippen molar-refractivity contribution in [1.29, 1.82) is 0 Å². The van der Waals surface area contributed by atoms with Crippen LogP contribution in [0.3, 0.4) is 0 Å². The van der Waals surface area contributed by atoms with E-state index in [1.165, 1.54) is 18.4 Å². The summed E-state index contributed by atoms with van der Waals surface area (Å²) in [5, 5.41) is 0. The molecular formula is C21H26N6O. The molecule has 2 aromatic heterocycles. The van der Waals surface area contributed by atoms with Crippen LogP contribution in [-0.2, 0) is 26.1 Å². The fourth-order valence-corrected chi connectivity index (χ4v) is 4.48. The summed E-state index contributed by atoms with van der Waals surface area (Å²) in [6, 6.07) is 8.26. The molecule has 1 saturated heterocycles. The number of fused-ring (bicyclic) bond motifs is 2. The Labute approximate surface area is 164 Å². The molecule has 1 fully saturated rings. The van der Waals surface area contributed by atoms with Gasteiger partial charge in [-0.25, -0.2) is 9.97 Å². The van der Waals surface area contributed by atoms with Gasteiger partial charge in [0.1, 0.15) is 5.82 Å². The number of rotatable bonds is 4. The molecule has 0 aliphatic carbocycles. The molecule has 4 heterocycles. The van der Waals surface area contributed by atoms with E-state index in [1.54, 1.807) is 0 Å². The van der Waals surface area contributed by atoms with Gasteiger partial charge in [-0.15, -0.1) is 0 Å². The van der Waals surface area contributed by atoms with E-state index in [0.717, 1.165) is 67.7 Å². The molecule has 7 nitrogen and oxygen atoms in total. The predicted octanol–water partition coefficient (Wildman–Crippen LogP) is 2.30. The monoisotopic (exact) mass is 378 g/mol. The van der Waals surface area contributed by atoms with Crippen molar-refractivity contribution in [2.75, 3.05) is 24.5 Å². The van der Waals surface area contributed by atoms with Crippen molar-refractivity contribution in [3.63, 3.8) is 0 Å². The lowest BCUT2D eigenvalue weighted by molar-refractivity contribution is 0.233.